The quantitative estimate of drug-likeness (QED) is 0.800. The third-order valence-corrected chi connectivity index (χ3v) is 4.55. The number of hydrogen-bond donors (Lipinski definition) is 1. The predicted molar refractivity (Wildman–Crippen MR) is 80.4 cm³/mol. The van der Waals surface area contributed by atoms with Gasteiger partial charge in [0.2, 0.25) is 0 Å². The van der Waals surface area contributed by atoms with Crippen LogP contribution in [0.15, 0.2) is 0 Å². The van der Waals surface area contributed by atoms with Crippen molar-refractivity contribution in [2.45, 2.75) is 40.5 Å². The van der Waals surface area contributed by atoms with E-state index in [-0.39, 0.29) is 0 Å². The van der Waals surface area contributed by atoms with E-state index >= 15 is 0 Å². The highest BCUT2D eigenvalue weighted by Crippen LogP contribution is 2.34. The van der Waals surface area contributed by atoms with E-state index in [0.29, 0.717) is 10.8 Å². The van der Waals surface area contributed by atoms with Crippen LogP contribution in [0.5, 0.6) is 0 Å². The van der Waals surface area contributed by atoms with Crippen LogP contribution in [0.3, 0.4) is 0 Å². The fourth-order valence-corrected chi connectivity index (χ4v) is 3.43. The Hall–Kier alpha value is -0.120. The van der Waals surface area contributed by atoms with E-state index in [9.17, 15) is 0 Å². The second kappa shape index (κ2) is 6.11. The summed E-state index contributed by atoms with van der Waals surface area (Å²) in [5, 5.41) is 3.66. The monoisotopic (exact) mass is 268 g/mol. The molecule has 0 aromatic rings. The van der Waals surface area contributed by atoms with Crippen molar-refractivity contribution in [1.29, 1.82) is 0 Å². The molecule has 2 saturated heterocycles. The van der Waals surface area contributed by atoms with E-state index in [4.69, 9.17) is 4.74 Å². The van der Waals surface area contributed by atoms with Gasteiger partial charge in [-0.1, -0.05) is 27.7 Å². The summed E-state index contributed by atoms with van der Waals surface area (Å²) in [5.74, 6) is 0.727. The summed E-state index contributed by atoms with van der Waals surface area (Å²) in [7, 11) is 0. The van der Waals surface area contributed by atoms with Crippen molar-refractivity contribution in [2.75, 3.05) is 45.9 Å². The predicted octanol–water partition coefficient (Wildman–Crippen LogP) is 2.37. The summed E-state index contributed by atoms with van der Waals surface area (Å²) in [5.41, 5.74) is 0.862. The summed E-state index contributed by atoms with van der Waals surface area (Å²) in [4.78, 5) is 2.66. The van der Waals surface area contributed by atoms with E-state index in [1.54, 1.807) is 0 Å². The van der Waals surface area contributed by atoms with E-state index in [1.165, 1.54) is 32.5 Å². The fraction of sp³-hybridized carbons (Fsp3) is 1.00. The summed E-state index contributed by atoms with van der Waals surface area (Å²) >= 11 is 0. The van der Waals surface area contributed by atoms with Crippen molar-refractivity contribution < 1.29 is 4.74 Å². The third kappa shape index (κ3) is 4.44. The molecule has 1 atom stereocenters. The highest BCUT2D eigenvalue weighted by atomic mass is 16.5. The molecule has 2 aliphatic rings. The normalized spacial score (nSPS) is 31.4. The minimum atomic E-state index is 0.356. The molecule has 0 aliphatic carbocycles. The zero-order chi connectivity index (χ0) is 13.9. The first-order chi connectivity index (χ1) is 8.91. The number of rotatable bonds is 6. The maximum Gasteiger partial charge on any atom is 0.0547 e. The Labute approximate surface area is 119 Å². The van der Waals surface area contributed by atoms with Gasteiger partial charge < -0.3 is 15.0 Å². The van der Waals surface area contributed by atoms with Gasteiger partial charge in [0, 0.05) is 31.7 Å². The molecule has 0 spiro atoms. The molecule has 0 saturated carbocycles. The van der Waals surface area contributed by atoms with Gasteiger partial charge in [-0.05, 0) is 37.3 Å². The molecule has 0 aromatic heterocycles. The molecule has 112 valence electrons. The molecule has 2 fully saturated rings. The Morgan fingerprint density at radius 3 is 2.58 bits per heavy atom. The Bertz CT molecular complexity index is 282. The molecule has 2 aliphatic heterocycles. The Kier molecular flexibility index (Phi) is 4.91. The van der Waals surface area contributed by atoms with Crippen LogP contribution < -0.4 is 5.32 Å². The van der Waals surface area contributed by atoms with Crippen molar-refractivity contribution in [3.05, 3.63) is 0 Å². The number of hydrogen-bond acceptors (Lipinski definition) is 3. The maximum atomic E-state index is 5.71. The molecule has 3 nitrogen and oxygen atoms in total. The van der Waals surface area contributed by atoms with E-state index in [2.05, 4.69) is 37.9 Å². The van der Waals surface area contributed by atoms with Gasteiger partial charge in [0.05, 0.1) is 6.61 Å². The van der Waals surface area contributed by atoms with Crippen LogP contribution in [0.1, 0.15) is 40.5 Å². The van der Waals surface area contributed by atoms with Crippen LogP contribution in [-0.2, 0) is 4.74 Å². The van der Waals surface area contributed by atoms with Gasteiger partial charge in [0.25, 0.3) is 0 Å². The Morgan fingerprint density at radius 1 is 1.26 bits per heavy atom. The van der Waals surface area contributed by atoms with Crippen molar-refractivity contribution in [1.82, 2.24) is 10.2 Å². The molecular formula is C16H32N2O. The van der Waals surface area contributed by atoms with Crippen molar-refractivity contribution >= 4 is 0 Å². The Morgan fingerprint density at radius 2 is 2.05 bits per heavy atom. The topological polar surface area (TPSA) is 24.5 Å². The van der Waals surface area contributed by atoms with Crippen molar-refractivity contribution in [3.63, 3.8) is 0 Å². The van der Waals surface area contributed by atoms with Crippen LogP contribution in [-0.4, -0.2) is 50.8 Å². The molecule has 2 rings (SSSR count). The largest absolute Gasteiger partial charge is 0.381 e. The van der Waals surface area contributed by atoms with Gasteiger partial charge in [-0.2, -0.15) is 0 Å². The average Bonchev–Trinajstić information content (AvgIpc) is 2.86. The molecule has 1 unspecified atom stereocenters. The van der Waals surface area contributed by atoms with Crippen molar-refractivity contribution in [2.24, 2.45) is 16.7 Å². The first kappa shape index (κ1) is 15.3. The molecule has 0 aromatic carbocycles. The second-order valence-corrected chi connectivity index (χ2v) is 7.95. The zero-order valence-corrected chi connectivity index (χ0v) is 13.3. The molecule has 1 N–H and O–H groups in total. The maximum absolute atomic E-state index is 5.71. The van der Waals surface area contributed by atoms with Crippen LogP contribution >= 0.6 is 0 Å². The number of nitrogens with zero attached hydrogens (tertiary/aromatic N) is 1. The molecule has 2 heterocycles. The van der Waals surface area contributed by atoms with Gasteiger partial charge >= 0.3 is 0 Å². The van der Waals surface area contributed by atoms with Crippen LogP contribution in [0.2, 0.25) is 0 Å². The lowest BCUT2D eigenvalue weighted by Gasteiger charge is -2.33. The molecule has 0 radical (unpaired) electrons. The lowest BCUT2D eigenvalue weighted by atomic mass is 9.86. The van der Waals surface area contributed by atoms with Gasteiger partial charge in [-0.3, -0.25) is 0 Å². The number of nitrogens with one attached hydrogen (secondary N) is 1. The van der Waals surface area contributed by atoms with Gasteiger partial charge in [-0.15, -0.1) is 0 Å². The smallest absolute Gasteiger partial charge is 0.0547 e. The molecule has 19 heavy (non-hydrogen) atoms. The fourth-order valence-electron chi connectivity index (χ4n) is 3.43. The van der Waals surface area contributed by atoms with Gasteiger partial charge in [-0.25, -0.2) is 0 Å². The van der Waals surface area contributed by atoms with E-state index in [1.807, 2.05) is 0 Å². The van der Waals surface area contributed by atoms with E-state index < -0.39 is 0 Å². The van der Waals surface area contributed by atoms with Crippen molar-refractivity contribution in [3.8, 4) is 0 Å². The standard InChI is InChI=1S/C16H32N2O/c1-14(2)9-17-10-16(6-8-19-13-16)12-18-7-5-15(3,4)11-18/h14,17H,5-13H2,1-4H3. The minimum Gasteiger partial charge on any atom is -0.381 e. The van der Waals surface area contributed by atoms with Crippen LogP contribution in [0.4, 0.5) is 0 Å². The lowest BCUT2D eigenvalue weighted by Crippen LogP contribution is -2.45. The summed E-state index contributed by atoms with van der Waals surface area (Å²) in [6, 6.07) is 0. The second-order valence-electron chi connectivity index (χ2n) is 7.95. The highest BCUT2D eigenvalue weighted by Gasteiger charge is 2.39. The first-order valence-electron chi connectivity index (χ1n) is 7.92. The zero-order valence-electron chi connectivity index (χ0n) is 13.3. The average molecular weight is 268 g/mol. The molecule has 0 bridgehead atoms. The van der Waals surface area contributed by atoms with Crippen LogP contribution in [0, 0.1) is 16.7 Å². The minimum absolute atomic E-state index is 0.356. The molecule has 0 amide bonds. The summed E-state index contributed by atoms with van der Waals surface area (Å²) in [6.07, 6.45) is 2.55. The third-order valence-electron chi connectivity index (χ3n) is 4.55. The summed E-state index contributed by atoms with van der Waals surface area (Å²) < 4.78 is 5.71. The lowest BCUT2D eigenvalue weighted by molar-refractivity contribution is 0.114. The summed E-state index contributed by atoms with van der Waals surface area (Å²) in [6.45, 7) is 17.2. The van der Waals surface area contributed by atoms with E-state index in [0.717, 1.165) is 32.2 Å². The van der Waals surface area contributed by atoms with Gasteiger partial charge in [0.1, 0.15) is 0 Å². The number of ether oxygens (including phenoxy) is 1. The first-order valence-corrected chi connectivity index (χ1v) is 7.92. The Balaban J connectivity index is 1.85. The molecular weight excluding hydrogens is 236 g/mol. The van der Waals surface area contributed by atoms with Crippen LogP contribution in [0.25, 0.3) is 0 Å². The highest BCUT2D eigenvalue weighted by molar-refractivity contribution is 4.92. The van der Waals surface area contributed by atoms with Gasteiger partial charge in [0.15, 0.2) is 0 Å². The number of likely N-dealkylation sites (tertiary alicyclic amines) is 1. The molecule has 3 heteroatoms. The SMILES string of the molecule is CC(C)CNCC1(CN2CCC(C)(C)C2)CCOC1.